The van der Waals surface area contributed by atoms with Crippen molar-refractivity contribution in [2.24, 2.45) is 0 Å². The van der Waals surface area contributed by atoms with E-state index in [0.717, 1.165) is 0 Å². The lowest BCUT2D eigenvalue weighted by atomic mass is 10.1. The summed E-state index contributed by atoms with van der Waals surface area (Å²) in [5.41, 5.74) is 0.600. The number of hydrogen-bond acceptors (Lipinski definition) is 4. The highest BCUT2D eigenvalue weighted by molar-refractivity contribution is 6.01. The number of ether oxygens (including phenoxy) is 1. The molecule has 0 saturated carbocycles. The molecule has 0 aromatic heterocycles. The Morgan fingerprint density at radius 3 is 2.29 bits per heavy atom. The van der Waals surface area contributed by atoms with Crippen LogP contribution in [0.2, 0.25) is 0 Å². The number of benzene rings is 1. The van der Waals surface area contributed by atoms with Crippen molar-refractivity contribution >= 4 is 11.7 Å². The summed E-state index contributed by atoms with van der Waals surface area (Å²) in [7, 11) is 0. The van der Waals surface area contributed by atoms with Crippen molar-refractivity contribution in [3.05, 3.63) is 35.9 Å². The Bertz CT molecular complexity index is 494. The lowest BCUT2D eigenvalue weighted by Gasteiger charge is -2.39. The molecule has 21 heavy (non-hydrogen) atoms. The molecule has 0 radical (unpaired) electrons. The van der Waals surface area contributed by atoms with Crippen LogP contribution in [0.5, 0.6) is 0 Å². The fourth-order valence-corrected chi connectivity index (χ4v) is 2.70. The first kappa shape index (κ1) is 15.7. The van der Waals surface area contributed by atoms with E-state index in [-0.39, 0.29) is 23.9 Å². The van der Waals surface area contributed by atoms with Crippen molar-refractivity contribution in [3.8, 4) is 0 Å². The Hall–Kier alpha value is -1.72. The molecule has 1 heterocycles. The van der Waals surface area contributed by atoms with E-state index in [2.05, 4.69) is 5.32 Å². The Balaban J connectivity index is 2.21. The van der Waals surface area contributed by atoms with Gasteiger partial charge in [-0.2, -0.15) is 0 Å². The molecule has 3 atom stereocenters. The van der Waals surface area contributed by atoms with E-state index < -0.39 is 6.17 Å². The zero-order valence-electron chi connectivity index (χ0n) is 12.7. The number of nitrogens with one attached hydrogen (secondary N) is 1. The molecule has 1 aliphatic heterocycles. The first-order chi connectivity index (χ1) is 9.97. The third-order valence-corrected chi connectivity index (χ3v) is 3.46. The summed E-state index contributed by atoms with van der Waals surface area (Å²) < 4.78 is 5.69. The molecule has 0 unspecified atom stereocenters. The van der Waals surface area contributed by atoms with Crippen LogP contribution in [-0.4, -0.2) is 48.1 Å². The summed E-state index contributed by atoms with van der Waals surface area (Å²) in [5.74, 6) is -0.303. The Kier molecular flexibility index (Phi) is 5.09. The fraction of sp³-hybridized carbons (Fsp3) is 0.500. The van der Waals surface area contributed by atoms with Crippen molar-refractivity contribution in [1.82, 2.24) is 10.2 Å². The molecule has 1 N–H and O–H groups in total. The molecule has 1 saturated heterocycles. The molecule has 0 bridgehead atoms. The van der Waals surface area contributed by atoms with Gasteiger partial charge in [0.2, 0.25) is 5.91 Å². The molecule has 0 aliphatic carbocycles. The number of amides is 1. The van der Waals surface area contributed by atoms with Crippen LogP contribution in [0.25, 0.3) is 0 Å². The molecular formula is C16H22N2O3. The molecule has 0 spiro atoms. The molecule has 114 valence electrons. The highest BCUT2D eigenvalue weighted by atomic mass is 16.5. The molecule has 1 fully saturated rings. The topological polar surface area (TPSA) is 58.6 Å². The minimum Gasteiger partial charge on any atom is -0.373 e. The largest absolute Gasteiger partial charge is 0.373 e. The Morgan fingerprint density at radius 2 is 1.76 bits per heavy atom. The predicted octanol–water partition coefficient (Wildman–Crippen LogP) is 1.44. The van der Waals surface area contributed by atoms with Gasteiger partial charge in [-0.05, 0) is 13.8 Å². The number of nitrogens with zero attached hydrogens (tertiary/aromatic N) is 1. The molecule has 1 aliphatic rings. The van der Waals surface area contributed by atoms with Gasteiger partial charge in [0.25, 0.3) is 0 Å². The summed E-state index contributed by atoms with van der Waals surface area (Å²) in [6.45, 7) is 6.61. The third kappa shape index (κ3) is 4.12. The van der Waals surface area contributed by atoms with Crippen molar-refractivity contribution in [2.75, 3.05) is 13.1 Å². The molecule has 5 heteroatoms. The second-order valence-corrected chi connectivity index (χ2v) is 5.54. The van der Waals surface area contributed by atoms with Crippen molar-refractivity contribution in [2.45, 2.75) is 39.1 Å². The van der Waals surface area contributed by atoms with E-state index in [1.54, 1.807) is 12.1 Å². The molecule has 2 rings (SSSR count). The lowest BCUT2D eigenvalue weighted by molar-refractivity contribution is -0.123. The average Bonchev–Trinajstić information content (AvgIpc) is 2.43. The van der Waals surface area contributed by atoms with Crippen LogP contribution < -0.4 is 5.32 Å². The number of morpholine rings is 1. The van der Waals surface area contributed by atoms with Crippen molar-refractivity contribution in [3.63, 3.8) is 0 Å². The number of carbonyl (C=O) groups is 2. The maximum atomic E-state index is 12.7. The van der Waals surface area contributed by atoms with Crippen LogP contribution in [0, 0.1) is 0 Å². The minimum atomic E-state index is -0.640. The van der Waals surface area contributed by atoms with Gasteiger partial charge in [-0.25, -0.2) is 0 Å². The minimum absolute atomic E-state index is 0.0357. The zero-order chi connectivity index (χ0) is 15.4. The van der Waals surface area contributed by atoms with Crippen LogP contribution in [-0.2, 0) is 9.53 Å². The monoisotopic (exact) mass is 290 g/mol. The van der Waals surface area contributed by atoms with Gasteiger partial charge in [0, 0.05) is 25.6 Å². The van der Waals surface area contributed by atoms with Crippen LogP contribution in [0.1, 0.15) is 31.1 Å². The molecule has 1 aromatic rings. The van der Waals surface area contributed by atoms with E-state index in [1.165, 1.54) is 6.92 Å². The number of ketones is 1. The van der Waals surface area contributed by atoms with E-state index >= 15 is 0 Å². The third-order valence-electron chi connectivity index (χ3n) is 3.46. The van der Waals surface area contributed by atoms with Gasteiger partial charge >= 0.3 is 0 Å². The standard InChI is InChI=1S/C16H22N2O3/c1-11-9-18(10-12(2)21-11)16(17-13(3)19)15(20)14-7-5-4-6-8-14/h4-8,11-12,16H,9-10H2,1-3H3,(H,17,19)/t11-,12-,16+/m0/s1. The van der Waals surface area contributed by atoms with Crippen molar-refractivity contribution < 1.29 is 14.3 Å². The SMILES string of the molecule is CC(=O)N[C@@H](C(=O)c1ccccc1)N1C[C@H](C)O[C@@H](C)C1. The number of carbonyl (C=O) groups excluding carboxylic acids is 2. The smallest absolute Gasteiger partial charge is 0.218 e. The first-order valence-electron chi connectivity index (χ1n) is 7.23. The normalized spacial score (nSPS) is 24.3. The van der Waals surface area contributed by atoms with Gasteiger partial charge in [0.05, 0.1) is 12.2 Å². The maximum Gasteiger partial charge on any atom is 0.218 e. The fourth-order valence-electron chi connectivity index (χ4n) is 2.70. The quantitative estimate of drug-likeness (QED) is 0.853. The van der Waals surface area contributed by atoms with Crippen molar-refractivity contribution in [1.29, 1.82) is 0 Å². The molecule has 1 aromatic carbocycles. The van der Waals surface area contributed by atoms with Crippen LogP contribution >= 0.6 is 0 Å². The predicted molar refractivity (Wildman–Crippen MR) is 80.0 cm³/mol. The maximum absolute atomic E-state index is 12.7. The van der Waals surface area contributed by atoms with E-state index in [1.807, 2.05) is 36.9 Å². The Morgan fingerprint density at radius 1 is 1.19 bits per heavy atom. The van der Waals surface area contributed by atoms with Gasteiger partial charge in [-0.1, -0.05) is 30.3 Å². The van der Waals surface area contributed by atoms with E-state index in [4.69, 9.17) is 4.74 Å². The number of rotatable bonds is 4. The van der Waals surface area contributed by atoms with E-state index in [0.29, 0.717) is 18.7 Å². The molecule has 1 amide bonds. The summed E-state index contributed by atoms with van der Waals surface area (Å²) >= 11 is 0. The summed E-state index contributed by atoms with van der Waals surface area (Å²) in [5, 5.41) is 2.77. The number of hydrogen-bond donors (Lipinski definition) is 1. The summed E-state index contributed by atoms with van der Waals surface area (Å²) in [6.07, 6.45) is -0.569. The van der Waals surface area contributed by atoms with Gasteiger partial charge < -0.3 is 10.1 Å². The average molecular weight is 290 g/mol. The van der Waals surface area contributed by atoms with Gasteiger partial charge in [0.1, 0.15) is 6.17 Å². The van der Waals surface area contributed by atoms with E-state index in [9.17, 15) is 9.59 Å². The lowest BCUT2D eigenvalue weighted by Crippen LogP contribution is -2.59. The van der Waals surface area contributed by atoms with Crippen LogP contribution in [0.15, 0.2) is 30.3 Å². The van der Waals surface area contributed by atoms with Gasteiger partial charge in [-0.15, -0.1) is 0 Å². The molecule has 5 nitrogen and oxygen atoms in total. The van der Waals surface area contributed by atoms with Crippen LogP contribution in [0.3, 0.4) is 0 Å². The van der Waals surface area contributed by atoms with Crippen LogP contribution in [0.4, 0.5) is 0 Å². The second kappa shape index (κ2) is 6.83. The Labute approximate surface area is 125 Å². The molecular weight excluding hydrogens is 268 g/mol. The van der Waals surface area contributed by atoms with Gasteiger partial charge in [0.15, 0.2) is 5.78 Å². The highest BCUT2D eigenvalue weighted by Crippen LogP contribution is 2.15. The number of Topliss-reactive ketones (excluding diaryl/α,β-unsaturated/α-hetero) is 1. The first-order valence-corrected chi connectivity index (χ1v) is 7.23. The summed E-state index contributed by atoms with van der Waals surface area (Å²) in [6, 6.07) is 9.04. The summed E-state index contributed by atoms with van der Waals surface area (Å²) in [4.78, 5) is 26.2. The van der Waals surface area contributed by atoms with Gasteiger partial charge in [-0.3, -0.25) is 14.5 Å². The highest BCUT2D eigenvalue weighted by Gasteiger charge is 2.33. The zero-order valence-corrected chi connectivity index (χ0v) is 12.7. The second-order valence-electron chi connectivity index (χ2n) is 5.54.